The lowest BCUT2D eigenvalue weighted by atomic mass is 10.0. The lowest BCUT2D eigenvalue weighted by Gasteiger charge is -2.20. The zero-order valence-corrected chi connectivity index (χ0v) is 13.7. The van der Waals surface area contributed by atoms with E-state index in [1.165, 1.54) is 12.1 Å². The van der Waals surface area contributed by atoms with Crippen molar-refractivity contribution >= 4 is 15.9 Å². The second-order valence-electron chi connectivity index (χ2n) is 5.05. The van der Waals surface area contributed by atoms with Gasteiger partial charge in [0.05, 0.1) is 0 Å². The molecule has 0 radical (unpaired) electrons. The SMILES string of the molecule is Cc1cc(OC(F)(F)c2c(F)cc(Br)cc2F)cc(C)c1C. The molecule has 0 saturated heterocycles. The molecule has 2 aromatic carbocycles. The highest BCUT2D eigenvalue weighted by molar-refractivity contribution is 9.10. The maximum absolute atomic E-state index is 14.1. The fourth-order valence-corrected chi connectivity index (χ4v) is 2.48. The Morgan fingerprint density at radius 2 is 1.36 bits per heavy atom. The van der Waals surface area contributed by atoms with Crippen molar-refractivity contribution in [3.8, 4) is 5.75 Å². The topological polar surface area (TPSA) is 9.23 Å². The Bertz CT molecular complexity index is 682. The molecule has 0 bridgehead atoms. The van der Waals surface area contributed by atoms with Crippen LogP contribution in [-0.2, 0) is 6.11 Å². The first-order chi connectivity index (χ1) is 10.1. The highest BCUT2D eigenvalue weighted by Gasteiger charge is 2.41. The van der Waals surface area contributed by atoms with Crippen LogP contribution in [0.15, 0.2) is 28.7 Å². The molecule has 0 atom stereocenters. The summed E-state index contributed by atoms with van der Waals surface area (Å²) in [7, 11) is 0. The third-order valence-corrected chi connectivity index (χ3v) is 3.90. The van der Waals surface area contributed by atoms with Crippen LogP contribution in [0.5, 0.6) is 5.75 Å². The van der Waals surface area contributed by atoms with Crippen molar-refractivity contribution in [2.75, 3.05) is 0 Å². The van der Waals surface area contributed by atoms with Crippen LogP contribution in [0.4, 0.5) is 17.6 Å². The van der Waals surface area contributed by atoms with E-state index < -0.39 is 23.3 Å². The Hall–Kier alpha value is -1.56. The van der Waals surface area contributed by atoms with Crippen molar-refractivity contribution in [2.45, 2.75) is 26.9 Å². The number of hydrogen-bond acceptors (Lipinski definition) is 1. The Morgan fingerprint density at radius 1 is 0.909 bits per heavy atom. The van der Waals surface area contributed by atoms with Gasteiger partial charge in [-0.05, 0) is 61.7 Å². The van der Waals surface area contributed by atoms with Gasteiger partial charge in [-0.3, -0.25) is 0 Å². The molecule has 0 aromatic heterocycles. The summed E-state index contributed by atoms with van der Waals surface area (Å²) in [6.07, 6.45) is -4.12. The van der Waals surface area contributed by atoms with Crippen LogP contribution in [0.1, 0.15) is 22.3 Å². The van der Waals surface area contributed by atoms with E-state index in [0.717, 1.165) is 28.8 Å². The van der Waals surface area contributed by atoms with Crippen molar-refractivity contribution in [1.82, 2.24) is 0 Å². The van der Waals surface area contributed by atoms with Crippen LogP contribution in [0.3, 0.4) is 0 Å². The van der Waals surface area contributed by atoms with Crippen molar-refractivity contribution in [3.63, 3.8) is 0 Å². The summed E-state index contributed by atoms with van der Waals surface area (Å²) in [5.41, 5.74) is 1.04. The van der Waals surface area contributed by atoms with Gasteiger partial charge in [-0.1, -0.05) is 15.9 Å². The fraction of sp³-hybridized carbons (Fsp3) is 0.250. The molecule has 0 spiro atoms. The molecular weight excluding hydrogens is 364 g/mol. The lowest BCUT2D eigenvalue weighted by molar-refractivity contribution is -0.189. The molecule has 22 heavy (non-hydrogen) atoms. The molecular formula is C16H13BrF4O. The molecule has 2 aromatic rings. The first-order valence-electron chi connectivity index (χ1n) is 6.41. The smallest absolute Gasteiger partial charge is 0.429 e. The van der Waals surface area contributed by atoms with Gasteiger partial charge in [0.15, 0.2) is 0 Å². The van der Waals surface area contributed by atoms with E-state index >= 15 is 0 Å². The molecule has 0 unspecified atom stereocenters. The van der Waals surface area contributed by atoms with E-state index in [0.29, 0.717) is 0 Å². The second-order valence-corrected chi connectivity index (χ2v) is 5.96. The summed E-state index contributed by atoms with van der Waals surface area (Å²) in [6, 6.07) is 4.35. The van der Waals surface area contributed by atoms with Crippen LogP contribution in [0.25, 0.3) is 0 Å². The third kappa shape index (κ3) is 3.27. The number of benzene rings is 2. The average Bonchev–Trinajstić information content (AvgIpc) is 2.33. The summed E-state index contributed by atoms with van der Waals surface area (Å²) in [4.78, 5) is 0. The summed E-state index contributed by atoms with van der Waals surface area (Å²) < 4.78 is 60.3. The monoisotopic (exact) mass is 376 g/mol. The summed E-state index contributed by atoms with van der Waals surface area (Å²) in [5, 5.41) is 0. The molecule has 0 saturated carbocycles. The normalized spacial score (nSPS) is 11.6. The maximum atomic E-state index is 14.1. The molecule has 2 rings (SSSR count). The lowest BCUT2D eigenvalue weighted by Crippen LogP contribution is -2.25. The minimum absolute atomic E-state index is 0.0316. The van der Waals surface area contributed by atoms with E-state index in [1.54, 1.807) is 13.8 Å². The van der Waals surface area contributed by atoms with Crippen molar-refractivity contribution in [2.24, 2.45) is 0 Å². The Morgan fingerprint density at radius 3 is 1.82 bits per heavy atom. The highest BCUT2D eigenvalue weighted by Crippen LogP contribution is 2.37. The Balaban J connectivity index is 2.44. The summed E-state index contributed by atoms with van der Waals surface area (Å²) in [6.45, 7) is 5.34. The molecule has 6 heteroatoms. The van der Waals surface area contributed by atoms with Gasteiger partial charge < -0.3 is 4.74 Å². The van der Waals surface area contributed by atoms with Crippen LogP contribution >= 0.6 is 15.9 Å². The van der Waals surface area contributed by atoms with Gasteiger partial charge in [-0.25, -0.2) is 8.78 Å². The minimum atomic E-state index is -4.12. The average molecular weight is 377 g/mol. The van der Waals surface area contributed by atoms with Crippen molar-refractivity contribution < 1.29 is 22.3 Å². The molecule has 0 aliphatic rings. The maximum Gasteiger partial charge on any atom is 0.432 e. The van der Waals surface area contributed by atoms with E-state index in [1.807, 2.05) is 6.92 Å². The number of rotatable bonds is 3. The Labute approximate surface area is 134 Å². The zero-order valence-electron chi connectivity index (χ0n) is 12.1. The standard InChI is InChI=1S/C16H13BrF4O/c1-8-4-12(5-9(2)10(8)3)22-16(20,21)15-13(18)6-11(17)7-14(15)19/h4-7H,1-3H3. The fourth-order valence-electron chi connectivity index (χ4n) is 2.07. The van der Waals surface area contributed by atoms with E-state index in [-0.39, 0.29) is 10.2 Å². The second kappa shape index (κ2) is 5.91. The van der Waals surface area contributed by atoms with Crippen molar-refractivity contribution in [3.05, 3.63) is 62.6 Å². The molecule has 1 nitrogen and oxygen atoms in total. The number of hydrogen-bond donors (Lipinski definition) is 0. The van der Waals surface area contributed by atoms with Gasteiger partial charge in [0.1, 0.15) is 22.9 Å². The van der Waals surface area contributed by atoms with Crippen molar-refractivity contribution in [1.29, 1.82) is 0 Å². The Kier molecular flexibility index (Phi) is 4.52. The molecule has 118 valence electrons. The first kappa shape index (κ1) is 16.8. The largest absolute Gasteiger partial charge is 0.432 e. The molecule has 0 N–H and O–H groups in total. The predicted molar refractivity (Wildman–Crippen MR) is 79.2 cm³/mol. The van der Waals surface area contributed by atoms with E-state index in [4.69, 9.17) is 0 Å². The zero-order chi connectivity index (χ0) is 16.7. The van der Waals surface area contributed by atoms with E-state index in [9.17, 15) is 17.6 Å². The van der Waals surface area contributed by atoms with Gasteiger partial charge in [0, 0.05) is 4.47 Å². The van der Waals surface area contributed by atoms with Gasteiger partial charge in [0.2, 0.25) is 0 Å². The number of aryl methyl sites for hydroxylation is 2. The van der Waals surface area contributed by atoms with Gasteiger partial charge >= 0.3 is 6.11 Å². The van der Waals surface area contributed by atoms with Crippen LogP contribution < -0.4 is 4.74 Å². The number of ether oxygens (including phenoxy) is 1. The summed E-state index contributed by atoms with van der Waals surface area (Å²) in [5.74, 6) is -2.90. The predicted octanol–water partition coefficient (Wildman–Crippen LogP) is 5.78. The minimum Gasteiger partial charge on any atom is -0.429 e. The first-order valence-corrected chi connectivity index (χ1v) is 7.21. The van der Waals surface area contributed by atoms with Crippen LogP contribution in [0, 0.1) is 32.4 Å². The molecule has 0 aliphatic carbocycles. The quantitative estimate of drug-likeness (QED) is 0.616. The van der Waals surface area contributed by atoms with E-state index in [2.05, 4.69) is 20.7 Å². The highest BCUT2D eigenvalue weighted by atomic mass is 79.9. The summed E-state index contributed by atoms with van der Waals surface area (Å²) >= 11 is 2.84. The molecule has 0 amide bonds. The van der Waals surface area contributed by atoms with Crippen LogP contribution in [-0.4, -0.2) is 0 Å². The van der Waals surface area contributed by atoms with Gasteiger partial charge in [0.25, 0.3) is 0 Å². The number of alkyl halides is 2. The number of halogens is 5. The van der Waals surface area contributed by atoms with Gasteiger partial charge in [-0.15, -0.1) is 0 Å². The third-order valence-electron chi connectivity index (χ3n) is 3.44. The molecule has 0 fully saturated rings. The molecule has 0 aliphatic heterocycles. The molecule has 0 heterocycles. The van der Waals surface area contributed by atoms with Crippen LogP contribution in [0.2, 0.25) is 0 Å². The van der Waals surface area contributed by atoms with Gasteiger partial charge in [-0.2, -0.15) is 8.78 Å².